The van der Waals surface area contributed by atoms with Gasteiger partial charge >= 0.3 is 125 Å². The second-order valence-corrected chi connectivity index (χ2v) is 10.1. The zero-order chi connectivity index (χ0) is 16.0. The number of carbonyl (C=O) groups is 2. The minimum absolute atomic E-state index is 0.119. The average molecular weight is 372 g/mol. The molecule has 0 fully saturated rings. The van der Waals surface area contributed by atoms with E-state index in [1.165, 1.54) is 20.8 Å². The van der Waals surface area contributed by atoms with Crippen molar-refractivity contribution < 1.29 is 32.4 Å². The summed E-state index contributed by atoms with van der Waals surface area (Å²) in [6.45, 7) is 3.89. The van der Waals surface area contributed by atoms with Crippen LogP contribution in [0.2, 0.25) is 5.21 Å². The maximum absolute atomic E-state index is 11.6. The molecule has 2 N–H and O–H groups in total. The Hall–Kier alpha value is -0.432. The molecule has 0 rings (SSSR count). The fourth-order valence-corrected chi connectivity index (χ4v) is 4.34. The van der Waals surface area contributed by atoms with Crippen LogP contribution in [0.1, 0.15) is 27.2 Å². The molecule has 0 radical (unpaired) electrons. The molecule has 0 aromatic heterocycles. The van der Waals surface area contributed by atoms with E-state index in [0.717, 1.165) is 0 Å². The van der Waals surface area contributed by atoms with Crippen LogP contribution in [0.4, 0.5) is 0 Å². The zero-order valence-corrected chi connectivity index (χ0v) is 14.7. The van der Waals surface area contributed by atoms with E-state index in [1.54, 1.807) is 0 Å². The Balaban J connectivity index is 4.28. The molecule has 0 aliphatic carbocycles. The van der Waals surface area contributed by atoms with E-state index < -0.39 is 50.0 Å². The summed E-state index contributed by atoms with van der Waals surface area (Å²) >= 11 is -0.746. The third-order valence-corrected chi connectivity index (χ3v) is 6.11. The molecule has 0 aromatic rings. The monoisotopic (exact) mass is 372 g/mol. The van der Waals surface area contributed by atoms with E-state index in [4.69, 9.17) is 9.29 Å². The van der Waals surface area contributed by atoms with E-state index in [0.29, 0.717) is 11.6 Å². The Bertz CT molecular complexity index is 444. The number of hydrogen-bond acceptors (Lipinski definition) is 6. The number of carboxylic acid groups (broad SMARTS) is 1. The van der Waals surface area contributed by atoms with Gasteiger partial charge in [-0.1, -0.05) is 0 Å². The van der Waals surface area contributed by atoms with Gasteiger partial charge in [0.15, 0.2) is 0 Å². The van der Waals surface area contributed by atoms with Crippen molar-refractivity contribution in [2.75, 3.05) is 12.4 Å². The van der Waals surface area contributed by atoms with Crippen molar-refractivity contribution in [1.29, 1.82) is 0 Å². The SMILES string of the molecule is CC(=O)[AsH]CCCS(=O)(=O)OCC(C)(C)[C@@H](O)C(=O)O. The Morgan fingerprint density at radius 1 is 1.35 bits per heavy atom. The van der Waals surface area contributed by atoms with Gasteiger partial charge in [-0.2, -0.15) is 0 Å². The number of aliphatic hydroxyl groups excluding tert-OH is 1. The summed E-state index contributed by atoms with van der Waals surface area (Å²) in [7, 11) is -3.77. The quantitative estimate of drug-likeness (QED) is 0.304. The van der Waals surface area contributed by atoms with Gasteiger partial charge in [-0.15, -0.1) is 0 Å². The summed E-state index contributed by atoms with van der Waals surface area (Å²) in [4.78, 5) is 21.4. The second-order valence-electron chi connectivity index (χ2n) is 5.09. The van der Waals surface area contributed by atoms with Crippen LogP contribution >= 0.6 is 0 Å². The van der Waals surface area contributed by atoms with Gasteiger partial charge in [0.2, 0.25) is 0 Å². The molecule has 1 unspecified atom stereocenters. The molecule has 118 valence electrons. The standard InChI is InChI=1S/C11H21AsO7S/c1-8(13)12-5-4-6-20(17,18)19-7-11(2,3)9(14)10(15)16/h9,12,14H,4-7H2,1-3H3,(H,15,16)/t9-/m0/s1. The third kappa shape index (κ3) is 7.99. The van der Waals surface area contributed by atoms with Gasteiger partial charge < -0.3 is 0 Å². The van der Waals surface area contributed by atoms with Gasteiger partial charge in [0.1, 0.15) is 0 Å². The molecule has 0 heterocycles. The Morgan fingerprint density at radius 2 is 1.90 bits per heavy atom. The van der Waals surface area contributed by atoms with Crippen LogP contribution < -0.4 is 0 Å². The number of aliphatic carboxylic acids is 1. The fraction of sp³-hybridized carbons (Fsp3) is 0.818. The van der Waals surface area contributed by atoms with Crippen LogP contribution in [-0.2, 0) is 23.9 Å². The summed E-state index contributed by atoms with van der Waals surface area (Å²) in [5.74, 6) is -1.63. The van der Waals surface area contributed by atoms with Gasteiger partial charge in [0.05, 0.1) is 0 Å². The number of hydrogen-bond donors (Lipinski definition) is 2. The van der Waals surface area contributed by atoms with Gasteiger partial charge in [-0.25, -0.2) is 0 Å². The molecular formula is C11H21AsO7S. The predicted molar refractivity (Wildman–Crippen MR) is 74.4 cm³/mol. The van der Waals surface area contributed by atoms with Crippen molar-refractivity contribution in [3.63, 3.8) is 0 Å². The summed E-state index contributed by atoms with van der Waals surface area (Å²) in [5.41, 5.74) is -1.22. The number of rotatable bonds is 10. The number of aliphatic hydroxyl groups is 1. The molecule has 0 spiro atoms. The van der Waals surface area contributed by atoms with Gasteiger partial charge in [-0.3, -0.25) is 0 Å². The maximum atomic E-state index is 11.6. The first-order valence-corrected chi connectivity index (χ1v) is 10.1. The van der Waals surface area contributed by atoms with Crippen molar-refractivity contribution >= 4 is 36.4 Å². The van der Waals surface area contributed by atoms with Crippen molar-refractivity contribution in [2.24, 2.45) is 5.41 Å². The van der Waals surface area contributed by atoms with Crippen LogP contribution in [0.25, 0.3) is 0 Å². The summed E-state index contributed by atoms with van der Waals surface area (Å²) in [6, 6.07) is 0. The van der Waals surface area contributed by atoms with Crippen molar-refractivity contribution in [3.05, 3.63) is 0 Å². The Labute approximate surface area is 125 Å². The first kappa shape index (κ1) is 19.6. The molecule has 0 aromatic carbocycles. The molecule has 0 amide bonds. The second kappa shape index (κ2) is 8.12. The van der Waals surface area contributed by atoms with Crippen LogP contribution in [-0.4, -0.2) is 63.4 Å². The van der Waals surface area contributed by atoms with E-state index in [1.807, 2.05) is 0 Å². The molecule has 0 aliphatic rings. The Kier molecular flexibility index (Phi) is 7.94. The van der Waals surface area contributed by atoms with Gasteiger partial charge in [-0.05, 0) is 0 Å². The van der Waals surface area contributed by atoms with Gasteiger partial charge in [0.25, 0.3) is 0 Å². The topological polar surface area (TPSA) is 118 Å². The molecular weight excluding hydrogens is 351 g/mol. The molecule has 2 atom stereocenters. The summed E-state index contributed by atoms with van der Waals surface area (Å²) in [6.07, 6.45) is -1.36. The average Bonchev–Trinajstić information content (AvgIpc) is 2.31. The Morgan fingerprint density at radius 3 is 2.35 bits per heavy atom. The molecule has 9 heteroatoms. The van der Waals surface area contributed by atoms with Crippen molar-refractivity contribution in [3.8, 4) is 0 Å². The van der Waals surface area contributed by atoms with E-state index in [2.05, 4.69) is 0 Å². The third-order valence-electron chi connectivity index (χ3n) is 2.53. The minimum atomic E-state index is -3.77. The molecule has 0 saturated heterocycles. The molecule has 20 heavy (non-hydrogen) atoms. The van der Waals surface area contributed by atoms with Crippen LogP contribution in [0.5, 0.6) is 0 Å². The predicted octanol–water partition coefficient (Wildman–Crippen LogP) is -0.404. The van der Waals surface area contributed by atoms with E-state index >= 15 is 0 Å². The first-order chi connectivity index (χ1) is 8.98. The number of carbonyl (C=O) groups excluding carboxylic acids is 1. The normalized spacial score (nSPS) is 14.6. The van der Waals surface area contributed by atoms with Crippen LogP contribution in [0.15, 0.2) is 0 Å². The summed E-state index contributed by atoms with van der Waals surface area (Å²) < 4.78 is 28.1. The van der Waals surface area contributed by atoms with E-state index in [-0.39, 0.29) is 10.3 Å². The van der Waals surface area contributed by atoms with Crippen molar-refractivity contribution in [1.82, 2.24) is 0 Å². The zero-order valence-electron chi connectivity index (χ0n) is 11.7. The van der Waals surface area contributed by atoms with Gasteiger partial charge in [0, 0.05) is 0 Å². The van der Waals surface area contributed by atoms with Crippen molar-refractivity contribution in [2.45, 2.75) is 38.5 Å². The van der Waals surface area contributed by atoms with E-state index in [9.17, 15) is 23.1 Å². The van der Waals surface area contributed by atoms with Crippen LogP contribution in [0, 0.1) is 5.41 Å². The molecule has 7 nitrogen and oxygen atoms in total. The molecule has 0 saturated carbocycles. The van der Waals surface area contributed by atoms with Crippen LogP contribution in [0.3, 0.4) is 0 Å². The fourth-order valence-electron chi connectivity index (χ4n) is 1.23. The first-order valence-electron chi connectivity index (χ1n) is 6.00. The summed E-state index contributed by atoms with van der Waals surface area (Å²) in [5, 5.41) is 18.7. The molecule has 0 aliphatic heterocycles. The number of carboxylic acids is 1. The molecule has 0 bridgehead atoms.